The number of anilines is 2. The highest BCUT2D eigenvalue weighted by atomic mass is 32.2. The fraction of sp³-hybridized carbons (Fsp3) is 0.462. The maximum Gasteiger partial charge on any atom is 0.174 e. The third-order valence-electron chi connectivity index (χ3n) is 3.81. The highest BCUT2D eigenvalue weighted by Crippen LogP contribution is 2.31. The molecule has 0 bridgehead atoms. The van der Waals surface area contributed by atoms with Crippen LogP contribution in [-0.2, 0) is 9.84 Å². The summed E-state index contributed by atoms with van der Waals surface area (Å²) in [6.07, 6.45) is 0. The predicted molar refractivity (Wildman–Crippen MR) is 85.2 cm³/mol. The van der Waals surface area contributed by atoms with Gasteiger partial charge in [-0.05, 0) is 30.4 Å². The van der Waals surface area contributed by atoms with Gasteiger partial charge in [0.1, 0.15) is 0 Å². The summed E-state index contributed by atoms with van der Waals surface area (Å²) in [6.45, 7) is 0. The molecule has 0 saturated carbocycles. The smallest absolute Gasteiger partial charge is 0.174 e. The van der Waals surface area contributed by atoms with Crippen LogP contribution < -0.4 is 15.1 Å². The minimum Gasteiger partial charge on any atom is -0.378 e. The number of benzene rings is 1. The van der Waals surface area contributed by atoms with Crippen molar-refractivity contribution in [1.29, 1.82) is 0 Å². The van der Waals surface area contributed by atoms with Crippen molar-refractivity contribution >= 4 is 38.5 Å². The second kappa shape index (κ2) is 4.60. The number of sulfone groups is 1. The van der Waals surface area contributed by atoms with E-state index in [1.807, 2.05) is 48.2 Å². The van der Waals surface area contributed by atoms with Crippen LogP contribution in [0.5, 0.6) is 0 Å². The van der Waals surface area contributed by atoms with Crippen LogP contribution in [0.3, 0.4) is 0 Å². The highest BCUT2D eigenvalue weighted by Gasteiger charge is 2.47. The predicted octanol–water partition coefficient (Wildman–Crippen LogP) is 0.613. The van der Waals surface area contributed by atoms with Crippen LogP contribution in [0.25, 0.3) is 0 Å². The minimum atomic E-state index is -2.97. The number of nitrogens with zero attached hydrogens (tertiary/aromatic N) is 2. The van der Waals surface area contributed by atoms with Crippen LogP contribution in [0, 0.1) is 0 Å². The van der Waals surface area contributed by atoms with Gasteiger partial charge in [-0.3, -0.25) is 0 Å². The lowest BCUT2D eigenvalue weighted by molar-refractivity contribution is 0.600. The number of hydrogen-bond acceptors (Lipinski definition) is 4. The average Bonchev–Trinajstić information content (AvgIpc) is 2.79. The lowest BCUT2D eigenvalue weighted by atomic mass is 10.1. The molecule has 2 fully saturated rings. The molecule has 2 aliphatic rings. The van der Waals surface area contributed by atoms with E-state index in [-0.39, 0.29) is 23.6 Å². The van der Waals surface area contributed by atoms with Gasteiger partial charge >= 0.3 is 0 Å². The molecule has 0 aliphatic carbocycles. The molecular formula is C13H17N3O2S2. The number of thiocarbonyl (C=S) groups is 1. The van der Waals surface area contributed by atoms with Crippen molar-refractivity contribution < 1.29 is 8.42 Å². The second-order valence-electron chi connectivity index (χ2n) is 5.48. The Morgan fingerprint density at radius 2 is 2.10 bits per heavy atom. The fourth-order valence-electron chi connectivity index (χ4n) is 2.83. The number of nitrogens with one attached hydrogen (secondary N) is 1. The van der Waals surface area contributed by atoms with Crippen LogP contribution in [0.15, 0.2) is 24.3 Å². The molecule has 0 spiro atoms. The fourth-order valence-corrected chi connectivity index (χ4v) is 5.11. The third-order valence-corrected chi connectivity index (χ3v) is 5.84. The maximum absolute atomic E-state index is 11.8. The first kappa shape index (κ1) is 13.6. The van der Waals surface area contributed by atoms with Gasteiger partial charge in [0.2, 0.25) is 0 Å². The molecule has 0 amide bonds. The van der Waals surface area contributed by atoms with E-state index in [1.54, 1.807) is 0 Å². The summed E-state index contributed by atoms with van der Waals surface area (Å²) in [5.74, 6) is 0.332. The first-order valence-corrected chi connectivity index (χ1v) is 8.68. The lowest BCUT2D eigenvalue weighted by Gasteiger charge is -2.24. The molecule has 1 aromatic carbocycles. The summed E-state index contributed by atoms with van der Waals surface area (Å²) >= 11 is 5.37. The zero-order chi connectivity index (χ0) is 14.5. The Morgan fingerprint density at radius 1 is 1.35 bits per heavy atom. The zero-order valence-electron chi connectivity index (χ0n) is 11.4. The average molecular weight is 311 g/mol. The van der Waals surface area contributed by atoms with Crippen LogP contribution in [0.4, 0.5) is 11.4 Å². The van der Waals surface area contributed by atoms with Gasteiger partial charge in [0.15, 0.2) is 14.9 Å². The van der Waals surface area contributed by atoms with Crippen molar-refractivity contribution in [2.75, 3.05) is 35.4 Å². The normalized spacial score (nSPS) is 27.3. The molecular weight excluding hydrogens is 294 g/mol. The summed E-state index contributed by atoms with van der Waals surface area (Å²) in [6, 6.07) is 7.79. The van der Waals surface area contributed by atoms with Gasteiger partial charge in [0.05, 0.1) is 23.6 Å². The van der Waals surface area contributed by atoms with Gasteiger partial charge in [-0.25, -0.2) is 8.42 Å². The molecule has 2 heterocycles. The molecule has 2 unspecified atom stereocenters. The highest BCUT2D eigenvalue weighted by molar-refractivity contribution is 7.91. The Bertz CT molecular complexity index is 657. The molecule has 2 saturated heterocycles. The number of hydrogen-bond donors (Lipinski definition) is 1. The van der Waals surface area contributed by atoms with Crippen LogP contribution in [0.2, 0.25) is 0 Å². The molecule has 2 aliphatic heterocycles. The SMILES string of the molecule is CN(C)c1cccc(N2C(=S)NC3CS(=O)(=O)CC32)c1. The molecule has 0 aromatic heterocycles. The van der Waals surface area contributed by atoms with E-state index in [2.05, 4.69) is 5.32 Å². The first-order chi connectivity index (χ1) is 9.37. The van der Waals surface area contributed by atoms with Gasteiger partial charge in [0.25, 0.3) is 0 Å². The van der Waals surface area contributed by atoms with Gasteiger partial charge in [0, 0.05) is 25.5 Å². The van der Waals surface area contributed by atoms with Gasteiger partial charge < -0.3 is 15.1 Å². The van der Waals surface area contributed by atoms with E-state index in [0.717, 1.165) is 11.4 Å². The first-order valence-electron chi connectivity index (χ1n) is 6.45. The van der Waals surface area contributed by atoms with Crippen molar-refractivity contribution in [2.45, 2.75) is 12.1 Å². The van der Waals surface area contributed by atoms with Crippen molar-refractivity contribution in [1.82, 2.24) is 5.32 Å². The van der Waals surface area contributed by atoms with E-state index in [0.29, 0.717) is 5.11 Å². The summed E-state index contributed by atoms with van der Waals surface area (Å²) in [7, 11) is 0.979. The van der Waals surface area contributed by atoms with E-state index in [1.165, 1.54) is 0 Å². The Balaban J connectivity index is 1.97. The summed E-state index contributed by atoms with van der Waals surface area (Å²) in [4.78, 5) is 3.95. The molecule has 1 N–H and O–H groups in total. The minimum absolute atomic E-state index is 0.0875. The van der Waals surface area contributed by atoms with Gasteiger partial charge in [-0.15, -0.1) is 0 Å². The van der Waals surface area contributed by atoms with Crippen molar-refractivity contribution in [3.8, 4) is 0 Å². The Morgan fingerprint density at radius 3 is 2.80 bits per heavy atom. The Kier molecular flexibility index (Phi) is 3.13. The molecule has 2 atom stereocenters. The van der Waals surface area contributed by atoms with Crippen LogP contribution >= 0.6 is 12.2 Å². The van der Waals surface area contributed by atoms with E-state index < -0.39 is 9.84 Å². The zero-order valence-corrected chi connectivity index (χ0v) is 13.0. The molecule has 1 aromatic rings. The van der Waals surface area contributed by atoms with Crippen molar-refractivity contribution in [3.63, 3.8) is 0 Å². The summed E-state index contributed by atoms with van der Waals surface area (Å²) in [5, 5.41) is 3.75. The summed E-state index contributed by atoms with van der Waals surface area (Å²) < 4.78 is 23.6. The van der Waals surface area contributed by atoms with Crippen molar-refractivity contribution in [3.05, 3.63) is 24.3 Å². The molecule has 3 rings (SSSR count). The quantitative estimate of drug-likeness (QED) is 0.808. The van der Waals surface area contributed by atoms with E-state index in [4.69, 9.17) is 12.2 Å². The third kappa shape index (κ3) is 2.25. The molecule has 20 heavy (non-hydrogen) atoms. The monoisotopic (exact) mass is 311 g/mol. The van der Waals surface area contributed by atoms with Crippen LogP contribution in [-0.4, -0.2) is 51.2 Å². The Hall–Kier alpha value is -1.34. The molecule has 0 radical (unpaired) electrons. The van der Waals surface area contributed by atoms with Gasteiger partial charge in [-0.2, -0.15) is 0 Å². The molecule has 7 heteroatoms. The largest absolute Gasteiger partial charge is 0.378 e. The standard InChI is InChI=1S/C13H17N3O2S2/c1-15(2)9-4-3-5-10(6-9)16-12-8-20(17,18)7-11(12)14-13(16)19/h3-6,11-12H,7-8H2,1-2H3,(H,14,19). The van der Waals surface area contributed by atoms with Crippen molar-refractivity contribution in [2.24, 2.45) is 0 Å². The van der Waals surface area contributed by atoms with E-state index in [9.17, 15) is 8.42 Å². The Labute approximate surface area is 124 Å². The summed E-state index contributed by atoms with van der Waals surface area (Å²) in [5.41, 5.74) is 2.01. The van der Waals surface area contributed by atoms with Gasteiger partial charge in [-0.1, -0.05) is 6.07 Å². The topological polar surface area (TPSA) is 52.6 Å². The number of rotatable bonds is 2. The lowest BCUT2D eigenvalue weighted by Crippen LogP contribution is -2.36. The second-order valence-corrected chi connectivity index (χ2v) is 8.03. The van der Waals surface area contributed by atoms with Crippen LogP contribution in [0.1, 0.15) is 0 Å². The molecule has 108 valence electrons. The maximum atomic E-state index is 11.8. The number of fused-ring (bicyclic) bond motifs is 1. The molecule has 5 nitrogen and oxygen atoms in total. The van der Waals surface area contributed by atoms with E-state index >= 15 is 0 Å².